The first kappa shape index (κ1) is 13.2. The molecule has 1 aromatic rings. The van der Waals surface area contributed by atoms with Crippen molar-refractivity contribution in [2.24, 2.45) is 0 Å². The van der Waals surface area contributed by atoms with Crippen molar-refractivity contribution in [3.63, 3.8) is 0 Å². The Morgan fingerprint density at radius 1 is 1.56 bits per heavy atom. The van der Waals surface area contributed by atoms with Crippen LogP contribution in [0.15, 0.2) is 12.5 Å². The number of aliphatic hydroxyl groups is 1. The number of nitrogens with zero attached hydrogens (tertiary/aromatic N) is 2. The van der Waals surface area contributed by atoms with Gasteiger partial charge in [-0.1, -0.05) is 6.92 Å². The number of rotatable bonds is 6. The van der Waals surface area contributed by atoms with Gasteiger partial charge in [0.1, 0.15) is 9.84 Å². The second kappa shape index (κ2) is 5.45. The largest absolute Gasteiger partial charge is 0.387 e. The summed E-state index contributed by atoms with van der Waals surface area (Å²) in [6, 6.07) is 0. The molecule has 92 valence electrons. The quantitative estimate of drug-likeness (QED) is 0.804. The minimum atomic E-state index is -3.03. The number of imidazole rings is 1. The molecule has 0 aliphatic rings. The maximum absolute atomic E-state index is 11.0. The van der Waals surface area contributed by atoms with Gasteiger partial charge in [0.15, 0.2) is 0 Å². The van der Waals surface area contributed by atoms with E-state index in [1.165, 1.54) is 6.26 Å². The van der Waals surface area contributed by atoms with Gasteiger partial charge in [-0.05, 0) is 12.8 Å². The van der Waals surface area contributed by atoms with Crippen molar-refractivity contribution in [2.75, 3.05) is 12.0 Å². The van der Waals surface area contributed by atoms with E-state index in [1.54, 1.807) is 12.5 Å². The zero-order chi connectivity index (χ0) is 12.2. The summed E-state index contributed by atoms with van der Waals surface area (Å²) in [7, 11) is -3.03. The van der Waals surface area contributed by atoms with Crippen molar-refractivity contribution in [3.8, 4) is 0 Å². The molecule has 16 heavy (non-hydrogen) atoms. The molecular weight excluding hydrogens is 228 g/mol. The molecule has 0 aliphatic carbocycles. The van der Waals surface area contributed by atoms with Gasteiger partial charge in [-0.3, -0.25) is 0 Å². The molecule has 0 saturated heterocycles. The highest BCUT2D eigenvalue weighted by Crippen LogP contribution is 2.17. The predicted octanol–water partition coefficient (Wildman–Crippen LogP) is 0.761. The fourth-order valence-corrected chi connectivity index (χ4v) is 2.16. The number of aromatic nitrogens is 2. The Hall–Kier alpha value is -0.880. The minimum Gasteiger partial charge on any atom is -0.387 e. The highest BCUT2D eigenvalue weighted by Gasteiger charge is 2.15. The smallest absolute Gasteiger partial charge is 0.147 e. The summed E-state index contributed by atoms with van der Waals surface area (Å²) < 4.78 is 23.8. The number of sulfone groups is 1. The van der Waals surface area contributed by atoms with Crippen LogP contribution in [0.5, 0.6) is 0 Å². The zero-order valence-electron chi connectivity index (χ0n) is 9.63. The lowest BCUT2D eigenvalue weighted by atomic mass is 10.2. The molecule has 0 amide bonds. The van der Waals surface area contributed by atoms with E-state index in [2.05, 4.69) is 4.98 Å². The first-order chi connectivity index (χ1) is 7.44. The van der Waals surface area contributed by atoms with Gasteiger partial charge in [0, 0.05) is 12.8 Å². The van der Waals surface area contributed by atoms with Gasteiger partial charge in [-0.2, -0.15) is 0 Å². The summed E-state index contributed by atoms with van der Waals surface area (Å²) in [5, 5.41) is 9.85. The van der Waals surface area contributed by atoms with Crippen LogP contribution < -0.4 is 0 Å². The number of aliphatic hydroxyl groups excluding tert-OH is 1. The van der Waals surface area contributed by atoms with Crippen molar-refractivity contribution in [3.05, 3.63) is 18.2 Å². The van der Waals surface area contributed by atoms with E-state index >= 15 is 0 Å². The molecule has 1 atom stereocenters. The molecular formula is C10H18N2O3S. The summed E-state index contributed by atoms with van der Waals surface area (Å²) in [5.74, 6) is -0.00846. The van der Waals surface area contributed by atoms with E-state index in [0.717, 1.165) is 13.0 Å². The first-order valence-corrected chi connectivity index (χ1v) is 7.36. The number of hydrogen-bond donors (Lipinski definition) is 1. The van der Waals surface area contributed by atoms with Crippen LogP contribution in [-0.4, -0.2) is 35.1 Å². The number of hydrogen-bond acceptors (Lipinski definition) is 4. The lowest BCUT2D eigenvalue weighted by Crippen LogP contribution is -2.12. The van der Waals surface area contributed by atoms with Crippen LogP contribution in [0.4, 0.5) is 0 Å². The maximum atomic E-state index is 11.0. The van der Waals surface area contributed by atoms with E-state index in [-0.39, 0.29) is 12.2 Å². The molecule has 1 aromatic heterocycles. The van der Waals surface area contributed by atoms with Crippen LogP contribution in [0, 0.1) is 0 Å². The van der Waals surface area contributed by atoms with Crippen LogP contribution >= 0.6 is 0 Å². The van der Waals surface area contributed by atoms with Crippen molar-refractivity contribution in [2.45, 2.75) is 32.4 Å². The first-order valence-electron chi connectivity index (χ1n) is 5.30. The van der Waals surface area contributed by atoms with Crippen molar-refractivity contribution in [1.82, 2.24) is 9.55 Å². The highest BCUT2D eigenvalue weighted by atomic mass is 32.2. The van der Waals surface area contributed by atoms with Gasteiger partial charge in [-0.25, -0.2) is 13.4 Å². The fraction of sp³-hybridized carbons (Fsp3) is 0.700. The Bertz CT molecular complexity index is 425. The van der Waals surface area contributed by atoms with Crippen LogP contribution in [0.2, 0.25) is 0 Å². The zero-order valence-corrected chi connectivity index (χ0v) is 10.4. The number of aryl methyl sites for hydroxylation is 1. The van der Waals surface area contributed by atoms with Gasteiger partial charge in [-0.15, -0.1) is 0 Å². The fourth-order valence-electron chi connectivity index (χ4n) is 1.51. The van der Waals surface area contributed by atoms with Crippen molar-refractivity contribution in [1.29, 1.82) is 0 Å². The van der Waals surface area contributed by atoms with Gasteiger partial charge in [0.25, 0.3) is 0 Å². The molecule has 1 unspecified atom stereocenters. The molecule has 0 spiro atoms. The highest BCUT2D eigenvalue weighted by molar-refractivity contribution is 7.90. The summed E-state index contributed by atoms with van der Waals surface area (Å²) in [6.07, 6.45) is 4.81. The van der Waals surface area contributed by atoms with E-state index in [4.69, 9.17) is 0 Å². The van der Waals surface area contributed by atoms with Gasteiger partial charge < -0.3 is 9.67 Å². The third kappa shape index (κ3) is 3.94. The molecule has 1 heterocycles. The predicted molar refractivity (Wildman–Crippen MR) is 61.8 cm³/mol. The Morgan fingerprint density at radius 2 is 2.25 bits per heavy atom. The summed E-state index contributed by atoms with van der Waals surface area (Å²) >= 11 is 0. The second-order valence-corrected chi connectivity index (χ2v) is 6.21. The lowest BCUT2D eigenvalue weighted by molar-refractivity contribution is 0.164. The van der Waals surface area contributed by atoms with Crippen molar-refractivity contribution >= 4 is 9.84 Å². The molecule has 0 radical (unpaired) electrons. The third-order valence-corrected chi connectivity index (χ3v) is 3.29. The molecule has 0 aliphatic heterocycles. The van der Waals surface area contributed by atoms with Crippen LogP contribution in [0.3, 0.4) is 0 Å². The van der Waals surface area contributed by atoms with E-state index in [0.29, 0.717) is 5.69 Å². The molecule has 0 bridgehead atoms. The SMILES string of the molecule is CCCn1cncc1C(O)CCS(C)(=O)=O. The van der Waals surface area contributed by atoms with Gasteiger partial charge in [0.05, 0.1) is 30.1 Å². The normalized spacial score (nSPS) is 13.9. The van der Waals surface area contributed by atoms with Gasteiger partial charge in [0.2, 0.25) is 0 Å². The van der Waals surface area contributed by atoms with E-state index in [1.807, 2.05) is 11.5 Å². The molecule has 6 heteroatoms. The van der Waals surface area contributed by atoms with E-state index < -0.39 is 15.9 Å². The van der Waals surface area contributed by atoms with Crippen LogP contribution in [0.1, 0.15) is 31.6 Å². The summed E-state index contributed by atoms with van der Waals surface area (Å²) in [4.78, 5) is 3.96. The van der Waals surface area contributed by atoms with Crippen molar-refractivity contribution < 1.29 is 13.5 Å². The average Bonchev–Trinajstić information content (AvgIpc) is 2.62. The molecule has 0 fully saturated rings. The molecule has 0 saturated carbocycles. The van der Waals surface area contributed by atoms with Crippen LogP contribution in [0.25, 0.3) is 0 Å². The van der Waals surface area contributed by atoms with Gasteiger partial charge >= 0.3 is 0 Å². The Kier molecular flexibility index (Phi) is 4.49. The monoisotopic (exact) mass is 246 g/mol. The lowest BCUT2D eigenvalue weighted by Gasteiger charge is -2.12. The molecule has 1 N–H and O–H groups in total. The summed E-state index contributed by atoms with van der Waals surface area (Å²) in [6.45, 7) is 2.82. The second-order valence-electron chi connectivity index (χ2n) is 3.95. The maximum Gasteiger partial charge on any atom is 0.147 e. The average molecular weight is 246 g/mol. The standard InChI is InChI=1S/C10H18N2O3S/c1-3-5-12-8-11-7-9(12)10(13)4-6-16(2,14)15/h7-8,10,13H,3-6H2,1-2H3. The Balaban J connectivity index is 2.65. The van der Waals surface area contributed by atoms with Crippen LogP contribution in [-0.2, 0) is 16.4 Å². The molecule has 5 nitrogen and oxygen atoms in total. The Morgan fingerprint density at radius 3 is 2.81 bits per heavy atom. The van der Waals surface area contributed by atoms with E-state index in [9.17, 15) is 13.5 Å². The molecule has 1 rings (SSSR count). The Labute approximate surface area is 96.0 Å². The summed E-state index contributed by atoms with van der Waals surface area (Å²) in [5.41, 5.74) is 0.686. The molecule has 0 aromatic carbocycles. The topological polar surface area (TPSA) is 72.2 Å². The minimum absolute atomic E-state index is 0.00846. The third-order valence-electron chi connectivity index (χ3n) is 2.31.